The highest BCUT2D eigenvalue weighted by atomic mass is 19.1. The molecule has 0 N–H and O–H groups in total. The number of hydrogen-bond donors (Lipinski definition) is 0. The van der Waals surface area contributed by atoms with E-state index in [2.05, 4.69) is 15.0 Å². The number of anilines is 1. The number of carbonyl (C=O) groups is 1. The van der Waals surface area contributed by atoms with Crippen LogP contribution in [-0.2, 0) is 9.47 Å². The fourth-order valence-corrected chi connectivity index (χ4v) is 5.62. The number of rotatable bonds is 8. The summed E-state index contributed by atoms with van der Waals surface area (Å²) < 4.78 is 49.8. The van der Waals surface area contributed by atoms with Gasteiger partial charge < -0.3 is 23.8 Å². The second-order valence-corrected chi connectivity index (χ2v) is 11.3. The van der Waals surface area contributed by atoms with Gasteiger partial charge in [-0.25, -0.2) is 23.5 Å². The molecule has 12 heteroatoms. The van der Waals surface area contributed by atoms with Crippen molar-refractivity contribution in [2.24, 2.45) is 0 Å². The number of amides is 1. The van der Waals surface area contributed by atoms with E-state index in [9.17, 15) is 9.18 Å². The van der Waals surface area contributed by atoms with Crippen molar-refractivity contribution in [3.05, 3.63) is 36.7 Å². The average molecular weight is 572 g/mol. The Hall–Kier alpha value is -3.80. The third-order valence-electron chi connectivity index (χ3n) is 7.47. The second-order valence-electron chi connectivity index (χ2n) is 11.3. The molecule has 0 unspecified atom stereocenters. The predicted molar refractivity (Wildman–Crippen MR) is 148 cm³/mol. The molecular weight excluding hydrogens is 536 g/mol. The van der Waals surface area contributed by atoms with Crippen molar-refractivity contribution in [1.82, 2.24) is 19.9 Å². The topological polar surface area (TPSA) is 99.1 Å². The lowest BCUT2D eigenvalue weighted by Crippen LogP contribution is -2.59. The van der Waals surface area contributed by atoms with Gasteiger partial charge >= 0.3 is 6.09 Å². The molecule has 10 nitrogen and oxygen atoms in total. The molecule has 0 aliphatic carbocycles. The molecule has 0 saturated carbocycles. The SMILES string of the molecule is COCOc1cc2nc(OCF)ccc2cc1-c1cnc(N(C)[C@H]2C[C@@H]3CC[C@H]([C@H]2F)N3C(=O)OC(C)(C)C)cn1. The molecule has 2 saturated heterocycles. The van der Waals surface area contributed by atoms with Gasteiger partial charge in [-0.15, -0.1) is 0 Å². The molecule has 5 rings (SSSR count). The Balaban J connectivity index is 1.37. The van der Waals surface area contributed by atoms with Gasteiger partial charge in [0.1, 0.15) is 23.3 Å². The van der Waals surface area contributed by atoms with Crippen LogP contribution in [0.3, 0.4) is 0 Å². The van der Waals surface area contributed by atoms with E-state index in [1.807, 2.05) is 26.8 Å². The number of hydrogen-bond acceptors (Lipinski definition) is 9. The fraction of sp³-hybridized carbons (Fsp3) is 0.517. The molecule has 4 heterocycles. The zero-order valence-corrected chi connectivity index (χ0v) is 23.8. The number of alkyl halides is 2. The van der Waals surface area contributed by atoms with Crippen LogP contribution in [0, 0.1) is 0 Å². The Morgan fingerprint density at radius 2 is 1.95 bits per heavy atom. The van der Waals surface area contributed by atoms with Crippen LogP contribution in [0.2, 0.25) is 0 Å². The van der Waals surface area contributed by atoms with Crippen LogP contribution >= 0.6 is 0 Å². The average Bonchev–Trinajstić information content (AvgIpc) is 3.29. The molecule has 220 valence electrons. The molecule has 1 aromatic carbocycles. The van der Waals surface area contributed by atoms with Crippen LogP contribution in [0.4, 0.5) is 19.4 Å². The van der Waals surface area contributed by atoms with Gasteiger partial charge in [0.25, 0.3) is 0 Å². The molecule has 2 aromatic heterocycles. The molecule has 41 heavy (non-hydrogen) atoms. The summed E-state index contributed by atoms with van der Waals surface area (Å²) in [5, 5.41) is 0.770. The van der Waals surface area contributed by atoms with Gasteiger partial charge in [0.05, 0.1) is 35.7 Å². The molecular formula is C29H35F2N5O5. The van der Waals surface area contributed by atoms with Crippen LogP contribution in [0.25, 0.3) is 22.2 Å². The zero-order valence-electron chi connectivity index (χ0n) is 23.8. The lowest BCUT2D eigenvalue weighted by atomic mass is 9.94. The highest BCUT2D eigenvalue weighted by Crippen LogP contribution is 2.41. The van der Waals surface area contributed by atoms with E-state index in [0.717, 1.165) is 11.8 Å². The highest BCUT2D eigenvalue weighted by molar-refractivity contribution is 5.87. The quantitative estimate of drug-likeness (QED) is 0.334. The first kappa shape index (κ1) is 28.7. The molecule has 2 bridgehead atoms. The van der Waals surface area contributed by atoms with Crippen molar-refractivity contribution in [2.75, 3.05) is 32.7 Å². The largest absolute Gasteiger partial charge is 0.467 e. The van der Waals surface area contributed by atoms with E-state index in [1.54, 1.807) is 47.4 Å². The number of fused-ring (bicyclic) bond motifs is 3. The Bertz CT molecular complexity index is 1390. The van der Waals surface area contributed by atoms with E-state index in [4.69, 9.17) is 18.9 Å². The van der Waals surface area contributed by atoms with E-state index in [-0.39, 0.29) is 18.7 Å². The van der Waals surface area contributed by atoms with E-state index in [1.165, 1.54) is 7.11 Å². The molecule has 0 spiro atoms. The number of carbonyl (C=O) groups excluding carboxylic acids is 1. The fourth-order valence-electron chi connectivity index (χ4n) is 5.62. The Morgan fingerprint density at radius 1 is 1.15 bits per heavy atom. The maximum Gasteiger partial charge on any atom is 0.410 e. The van der Waals surface area contributed by atoms with E-state index >= 15 is 4.39 Å². The molecule has 3 aromatic rings. The van der Waals surface area contributed by atoms with Crippen molar-refractivity contribution >= 4 is 22.8 Å². The Labute approximate surface area is 237 Å². The van der Waals surface area contributed by atoms with Crippen molar-refractivity contribution in [1.29, 1.82) is 0 Å². The molecule has 4 atom stereocenters. The van der Waals surface area contributed by atoms with Crippen LogP contribution in [0.15, 0.2) is 36.7 Å². The van der Waals surface area contributed by atoms with Crippen molar-refractivity contribution in [2.45, 2.75) is 69.9 Å². The van der Waals surface area contributed by atoms with Crippen LogP contribution in [-0.4, -0.2) is 83.7 Å². The number of piperidine rings is 1. The molecule has 0 radical (unpaired) electrons. The van der Waals surface area contributed by atoms with Crippen LogP contribution in [0.5, 0.6) is 11.6 Å². The molecule has 2 fully saturated rings. The summed E-state index contributed by atoms with van der Waals surface area (Å²) in [7, 11) is 3.31. The molecule has 1 amide bonds. The first-order valence-corrected chi connectivity index (χ1v) is 13.6. The first-order chi connectivity index (χ1) is 19.6. The van der Waals surface area contributed by atoms with Crippen molar-refractivity contribution in [3.63, 3.8) is 0 Å². The third-order valence-corrected chi connectivity index (χ3v) is 7.47. The number of nitrogens with zero attached hydrogens (tertiary/aromatic N) is 5. The normalized spacial score (nSPS) is 22.1. The number of benzene rings is 1. The van der Waals surface area contributed by atoms with Crippen molar-refractivity contribution in [3.8, 4) is 22.9 Å². The minimum atomic E-state index is -1.26. The minimum Gasteiger partial charge on any atom is -0.467 e. The summed E-state index contributed by atoms with van der Waals surface area (Å²) in [6.45, 7) is 4.44. The van der Waals surface area contributed by atoms with Gasteiger partial charge in [0.15, 0.2) is 6.79 Å². The Kier molecular flexibility index (Phi) is 8.12. The Morgan fingerprint density at radius 3 is 2.63 bits per heavy atom. The number of aromatic nitrogens is 3. The summed E-state index contributed by atoms with van der Waals surface area (Å²) in [5.74, 6) is 1.13. The van der Waals surface area contributed by atoms with E-state index in [0.29, 0.717) is 41.2 Å². The zero-order chi connectivity index (χ0) is 29.3. The van der Waals surface area contributed by atoms with Gasteiger partial charge in [0.2, 0.25) is 12.7 Å². The lowest BCUT2D eigenvalue weighted by molar-refractivity contribution is -0.0104. The maximum atomic E-state index is 15.9. The summed E-state index contributed by atoms with van der Waals surface area (Å²) in [6, 6.07) is 5.82. The first-order valence-electron chi connectivity index (χ1n) is 13.6. The molecule has 2 aliphatic rings. The lowest BCUT2D eigenvalue weighted by Gasteiger charge is -2.44. The summed E-state index contributed by atoms with van der Waals surface area (Å²) in [6.07, 6.45) is 3.30. The summed E-state index contributed by atoms with van der Waals surface area (Å²) in [4.78, 5) is 29.8. The summed E-state index contributed by atoms with van der Waals surface area (Å²) >= 11 is 0. The van der Waals surface area contributed by atoms with Gasteiger partial charge in [-0.2, -0.15) is 0 Å². The molecule has 2 aliphatic heterocycles. The minimum absolute atomic E-state index is 0.00432. The smallest absolute Gasteiger partial charge is 0.410 e. The third kappa shape index (κ3) is 5.97. The highest BCUT2D eigenvalue weighted by Gasteiger charge is 2.52. The second kappa shape index (κ2) is 11.6. The number of ether oxygens (including phenoxy) is 4. The predicted octanol–water partition coefficient (Wildman–Crippen LogP) is 5.30. The van der Waals surface area contributed by atoms with Gasteiger partial charge in [-0.05, 0) is 52.2 Å². The van der Waals surface area contributed by atoms with Gasteiger partial charge in [-0.3, -0.25) is 9.88 Å². The number of methoxy groups -OCH3 is 1. The maximum absolute atomic E-state index is 15.9. The summed E-state index contributed by atoms with van der Waals surface area (Å²) in [5.41, 5.74) is 1.10. The number of halogens is 2. The van der Waals surface area contributed by atoms with Gasteiger partial charge in [0, 0.05) is 43.3 Å². The van der Waals surface area contributed by atoms with Crippen molar-refractivity contribution < 1.29 is 32.5 Å². The monoisotopic (exact) mass is 571 g/mol. The van der Waals surface area contributed by atoms with Crippen LogP contribution < -0.4 is 14.4 Å². The van der Waals surface area contributed by atoms with Crippen LogP contribution in [0.1, 0.15) is 40.0 Å². The standard InChI is InChI=1S/C29H35F2N5O5/c1-29(2,3)41-28(37)36-18-7-8-22(36)27(31)23(11-18)35(4)25-14-32-21(13-33-25)19-10-17-6-9-26(39-15-30)34-20(17)12-24(19)40-16-38-5/h6,9-10,12-14,18,22-23,27H,7-8,11,15-16H2,1-5H3/t18-,22+,23-,27+/m0/s1. The van der Waals surface area contributed by atoms with E-state index < -0.39 is 36.8 Å². The number of pyridine rings is 1. The van der Waals surface area contributed by atoms with Gasteiger partial charge in [-0.1, -0.05) is 0 Å².